The van der Waals surface area contributed by atoms with Crippen molar-refractivity contribution in [3.8, 4) is 5.75 Å². The summed E-state index contributed by atoms with van der Waals surface area (Å²) in [6, 6.07) is 13.1. The molecular formula is C16H17ClO3S. The fraction of sp³-hybridized carbons (Fsp3) is 0.250. The normalized spacial score (nSPS) is 11.4. The second-order valence-corrected chi connectivity index (χ2v) is 7.47. The monoisotopic (exact) mass is 324 g/mol. The van der Waals surface area contributed by atoms with Crippen molar-refractivity contribution in [2.75, 3.05) is 6.61 Å². The van der Waals surface area contributed by atoms with E-state index in [4.69, 9.17) is 15.4 Å². The van der Waals surface area contributed by atoms with E-state index in [0.29, 0.717) is 6.61 Å². The molecule has 112 valence electrons. The Kier molecular flexibility index (Phi) is 4.91. The first-order chi connectivity index (χ1) is 9.88. The first kappa shape index (κ1) is 15.9. The molecule has 0 saturated carbocycles. The van der Waals surface area contributed by atoms with Gasteiger partial charge in [0.1, 0.15) is 5.75 Å². The molecule has 0 fully saturated rings. The number of hydrogen-bond acceptors (Lipinski definition) is 3. The molecule has 2 aromatic rings. The van der Waals surface area contributed by atoms with Gasteiger partial charge in [-0.2, -0.15) is 0 Å². The SMILES string of the molecule is Cc1cc(S(=O)(=O)Cl)cc(C)c1OCCc1ccccc1. The summed E-state index contributed by atoms with van der Waals surface area (Å²) >= 11 is 0. The molecule has 0 aliphatic rings. The number of halogens is 1. The summed E-state index contributed by atoms with van der Waals surface area (Å²) in [5.74, 6) is 0.718. The van der Waals surface area contributed by atoms with E-state index in [1.54, 1.807) is 0 Å². The van der Waals surface area contributed by atoms with Crippen LogP contribution in [0.5, 0.6) is 5.75 Å². The van der Waals surface area contributed by atoms with Gasteiger partial charge in [-0.25, -0.2) is 8.42 Å². The third-order valence-electron chi connectivity index (χ3n) is 3.20. The minimum atomic E-state index is -3.71. The van der Waals surface area contributed by atoms with Gasteiger partial charge in [0.05, 0.1) is 11.5 Å². The summed E-state index contributed by atoms with van der Waals surface area (Å²) in [4.78, 5) is 0.106. The Bertz CT molecular complexity index is 701. The van der Waals surface area contributed by atoms with Crippen molar-refractivity contribution in [1.29, 1.82) is 0 Å². The number of aryl methyl sites for hydroxylation is 2. The Morgan fingerprint density at radius 1 is 1.05 bits per heavy atom. The van der Waals surface area contributed by atoms with Crippen LogP contribution in [-0.2, 0) is 15.5 Å². The average molecular weight is 325 g/mol. The van der Waals surface area contributed by atoms with Crippen molar-refractivity contribution in [3.63, 3.8) is 0 Å². The molecule has 0 amide bonds. The van der Waals surface area contributed by atoms with Gasteiger partial charge in [-0.1, -0.05) is 30.3 Å². The Balaban J connectivity index is 2.11. The summed E-state index contributed by atoms with van der Waals surface area (Å²) in [5.41, 5.74) is 2.73. The Hall–Kier alpha value is -1.52. The molecule has 2 aromatic carbocycles. The highest BCUT2D eigenvalue weighted by Gasteiger charge is 2.14. The van der Waals surface area contributed by atoms with E-state index in [1.165, 1.54) is 17.7 Å². The molecule has 0 saturated heterocycles. The second-order valence-electron chi connectivity index (χ2n) is 4.91. The fourth-order valence-corrected chi connectivity index (χ4v) is 3.10. The van der Waals surface area contributed by atoms with Gasteiger partial charge >= 0.3 is 0 Å². The summed E-state index contributed by atoms with van der Waals surface area (Å²) in [5, 5.41) is 0. The first-order valence-electron chi connectivity index (χ1n) is 6.60. The molecule has 0 aliphatic carbocycles. The first-order valence-corrected chi connectivity index (χ1v) is 8.91. The molecule has 0 spiro atoms. The summed E-state index contributed by atoms with van der Waals surface area (Å²) in [7, 11) is 1.66. The van der Waals surface area contributed by atoms with Crippen molar-refractivity contribution in [2.45, 2.75) is 25.2 Å². The van der Waals surface area contributed by atoms with Crippen molar-refractivity contribution in [1.82, 2.24) is 0 Å². The van der Waals surface area contributed by atoms with Gasteiger partial charge in [0.15, 0.2) is 0 Å². The van der Waals surface area contributed by atoms with E-state index < -0.39 is 9.05 Å². The molecule has 21 heavy (non-hydrogen) atoms. The van der Waals surface area contributed by atoms with Crippen molar-refractivity contribution in [2.24, 2.45) is 0 Å². The van der Waals surface area contributed by atoms with E-state index in [0.717, 1.165) is 23.3 Å². The molecule has 0 bridgehead atoms. The largest absolute Gasteiger partial charge is 0.493 e. The zero-order valence-electron chi connectivity index (χ0n) is 12.0. The van der Waals surface area contributed by atoms with Crippen molar-refractivity contribution in [3.05, 3.63) is 59.2 Å². The average Bonchev–Trinajstić information content (AvgIpc) is 2.42. The highest BCUT2D eigenvalue weighted by Crippen LogP contribution is 2.28. The Labute approximate surface area is 129 Å². The fourth-order valence-electron chi connectivity index (χ4n) is 2.19. The van der Waals surface area contributed by atoms with Crippen molar-refractivity contribution >= 4 is 19.7 Å². The summed E-state index contributed by atoms with van der Waals surface area (Å²) < 4.78 is 28.5. The lowest BCUT2D eigenvalue weighted by atomic mass is 10.1. The van der Waals surface area contributed by atoms with Gasteiger partial charge in [-0.15, -0.1) is 0 Å². The summed E-state index contributed by atoms with van der Waals surface area (Å²) in [6.07, 6.45) is 0.801. The smallest absolute Gasteiger partial charge is 0.261 e. The number of benzene rings is 2. The van der Waals surface area contributed by atoms with Crippen LogP contribution in [0, 0.1) is 13.8 Å². The third kappa shape index (κ3) is 4.22. The summed E-state index contributed by atoms with van der Waals surface area (Å²) in [6.45, 7) is 4.17. The van der Waals surface area contributed by atoms with Crippen LogP contribution in [0.3, 0.4) is 0 Å². The van der Waals surface area contributed by atoms with E-state index >= 15 is 0 Å². The molecule has 3 nitrogen and oxygen atoms in total. The van der Waals surface area contributed by atoms with Gasteiger partial charge in [0.2, 0.25) is 0 Å². The molecule has 0 N–H and O–H groups in total. The van der Waals surface area contributed by atoms with E-state index in [1.807, 2.05) is 44.2 Å². The van der Waals surface area contributed by atoms with Crippen LogP contribution in [0.2, 0.25) is 0 Å². The zero-order valence-corrected chi connectivity index (χ0v) is 13.5. The lowest BCUT2D eigenvalue weighted by Gasteiger charge is -2.13. The highest BCUT2D eigenvalue weighted by molar-refractivity contribution is 8.13. The maximum Gasteiger partial charge on any atom is 0.261 e. The molecule has 0 unspecified atom stereocenters. The lowest BCUT2D eigenvalue weighted by molar-refractivity contribution is 0.317. The Morgan fingerprint density at radius 3 is 2.14 bits per heavy atom. The topological polar surface area (TPSA) is 43.4 Å². The van der Waals surface area contributed by atoms with Crippen LogP contribution in [-0.4, -0.2) is 15.0 Å². The molecule has 0 aromatic heterocycles. The molecule has 5 heteroatoms. The predicted molar refractivity (Wildman–Crippen MR) is 84.6 cm³/mol. The zero-order chi connectivity index (χ0) is 15.5. The quantitative estimate of drug-likeness (QED) is 0.784. The van der Waals surface area contributed by atoms with E-state index in [2.05, 4.69) is 0 Å². The van der Waals surface area contributed by atoms with Crippen LogP contribution in [0.1, 0.15) is 16.7 Å². The van der Waals surface area contributed by atoms with Gasteiger partial charge in [-0.05, 0) is 42.7 Å². The van der Waals surface area contributed by atoms with Crippen LogP contribution >= 0.6 is 10.7 Å². The third-order valence-corrected chi connectivity index (χ3v) is 4.53. The molecule has 0 aliphatic heterocycles. The van der Waals surface area contributed by atoms with Crippen LogP contribution in [0.25, 0.3) is 0 Å². The van der Waals surface area contributed by atoms with Gasteiger partial charge in [0.25, 0.3) is 9.05 Å². The molecule has 0 atom stereocenters. The number of rotatable bonds is 5. The molecule has 0 heterocycles. The van der Waals surface area contributed by atoms with Gasteiger partial charge < -0.3 is 4.74 Å². The van der Waals surface area contributed by atoms with Crippen LogP contribution in [0.4, 0.5) is 0 Å². The molecular weight excluding hydrogens is 308 g/mol. The van der Waals surface area contributed by atoms with Crippen LogP contribution < -0.4 is 4.74 Å². The van der Waals surface area contributed by atoms with E-state index in [9.17, 15) is 8.42 Å². The minimum absolute atomic E-state index is 0.106. The minimum Gasteiger partial charge on any atom is -0.493 e. The van der Waals surface area contributed by atoms with Crippen LogP contribution in [0.15, 0.2) is 47.4 Å². The second kappa shape index (κ2) is 6.50. The predicted octanol–water partition coefficient (Wildman–Crippen LogP) is 3.85. The van der Waals surface area contributed by atoms with Gasteiger partial charge in [0, 0.05) is 17.1 Å². The molecule has 2 rings (SSSR count). The van der Waals surface area contributed by atoms with E-state index in [-0.39, 0.29) is 4.90 Å². The highest BCUT2D eigenvalue weighted by atomic mass is 35.7. The van der Waals surface area contributed by atoms with Gasteiger partial charge in [-0.3, -0.25) is 0 Å². The maximum absolute atomic E-state index is 11.4. The number of hydrogen-bond donors (Lipinski definition) is 0. The lowest BCUT2D eigenvalue weighted by Crippen LogP contribution is -2.05. The standard InChI is InChI=1S/C16H17ClO3S/c1-12-10-15(21(17,18)19)11-13(2)16(12)20-9-8-14-6-4-3-5-7-14/h3-7,10-11H,8-9H2,1-2H3. The number of ether oxygens (including phenoxy) is 1. The molecule has 0 radical (unpaired) electrons. The maximum atomic E-state index is 11.4. The van der Waals surface area contributed by atoms with Crippen molar-refractivity contribution < 1.29 is 13.2 Å². The Morgan fingerprint density at radius 2 is 1.62 bits per heavy atom.